The molecule has 2 heterocycles. The fraction of sp³-hybridized carbons (Fsp3) is 0.381. The van der Waals surface area contributed by atoms with Gasteiger partial charge in [-0.05, 0) is 42.2 Å². The van der Waals surface area contributed by atoms with Gasteiger partial charge in [0.25, 0.3) is 0 Å². The van der Waals surface area contributed by atoms with E-state index in [-0.39, 0.29) is 23.9 Å². The number of methoxy groups -OCH3 is 1. The van der Waals surface area contributed by atoms with Crippen LogP contribution in [0, 0.1) is 5.82 Å². The maximum absolute atomic E-state index is 13.1. The number of aliphatic imine (C=N–C) groups is 1. The number of ketones is 1. The molecule has 0 aliphatic carbocycles. The van der Waals surface area contributed by atoms with Gasteiger partial charge in [0.1, 0.15) is 11.6 Å². The summed E-state index contributed by atoms with van der Waals surface area (Å²) in [5.41, 5.74) is 3.67. The van der Waals surface area contributed by atoms with Crippen LogP contribution in [-0.4, -0.2) is 28.9 Å². The highest BCUT2D eigenvalue weighted by atomic mass is 19.1. The molecule has 2 aromatic rings. The van der Waals surface area contributed by atoms with Crippen molar-refractivity contribution in [1.82, 2.24) is 4.98 Å². The Morgan fingerprint density at radius 1 is 1.30 bits per heavy atom. The first-order valence-corrected chi connectivity index (χ1v) is 8.95. The van der Waals surface area contributed by atoms with E-state index in [1.165, 1.54) is 19.2 Å². The first-order valence-electron chi connectivity index (χ1n) is 8.95. The van der Waals surface area contributed by atoms with Crippen LogP contribution >= 0.6 is 0 Å². The summed E-state index contributed by atoms with van der Waals surface area (Å²) < 4.78 is 18.3. The number of carbonyl (C=O) groups is 1. The highest BCUT2D eigenvalue weighted by molar-refractivity contribution is 5.99. The molecule has 5 nitrogen and oxygen atoms in total. The van der Waals surface area contributed by atoms with E-state index in [0.29, 0.717) is 30.3 Å². The average molecular weight is 370 g/mol. The summed E-state index contributed by atoms with van der Waals surface area (Å²) in [6.45, 7) is 4.03. The molecule has 2 atom stereocenters. The number of aromatic nitrogens is 1. The Bertz CT molecular complexity index is 876. The summed E-state index contributed by atoms with van der Waals surface area (Å²) in [5, 5.41) is 10.1. The van der Waals surface area contributed by atoms with Crippen LogP contribution < -0.4 is 0 Å². The van der Waals surface area contributed by atoms with E-state index >= 15 is 0 Å². The lowest BCUT2D eigenvalue weighted by Gasteiger charge is -2.14. The van der Waals surface area contributed by atoms with Crippen molar-refractivity contribution < 1.29 is 19.0 Å². The van der Waals surface area contributed by atoms with E-state index in [1.807, 2.05) is 13.0 Å². The largest absolute Gasteiger partial charge is 0.481 e. The minimum absolute atomic E-state index is 0.00723. The molecule has 0 bridgehead atoms. The van der Waals surface area contributed by atoms with Gasteiger partial charge in [-0.2, -0.15) is 0 Å². The number of carbonyl (C=O) groups excluding carboxylic acids is 1. The Balaban J connectivity index is 1.75. The van der Waals surface area contributed by atoms with Crippen molar-refractivity contribution in [2.45, 2.75) is 45.3 Å². The highest BCUT2D eigenvalue weighted by Gasteiger charge is 2.25. The van der Waals surface area contributed by atoms with E-state index in [1.54, 1.807) is 19.1 Å². The predicted molar refractivity (Wildman–Crippen MR) is 100 cm³/mol. The topological polar surface area (TPSA) is 71.8 Å². The number of nitrogens with zero attached hydrogens (tertiary/aromatic N) is 2. The van der Waals surface area contributed by atoms with Crippen molar-refractivity contribution in [2.24, 2.45) is 4.99 Å². The summed E-state index contributed by atoms with van der Waals surface area (Å²) in [7, 11) is 1.54. The normalized spacial score (nSPS) is 15.1. The summed E-state index contributed by atoms with van der Waals surface area (Å²) in [6.07, 6.45) is -0.264. The molecule has 1 aliphatic rings. The molecule has 0 unspecified atom stereocenters. The van der Waals surface area contributed by atoms with Gasteiger partial charge in [0.2, 0.25) is 5.90 Å². The van der Waals surface area contributed by atoms with Crippen LogP contribution in [0.25, 0.3) is 0 Å². The summed E-state index contributed by atoms with van der Waals surface area (Å²) in [4.78, 5) is 21.3. The molecule has 0 spiro atoms. The smallest absolute Gasteiger partial charge is 0.218 e. The number of halogens is 1. The van der Waals surface area contributed by atoms with Gasteiger partial charge in [0, 0.05) is 18.5 Å². The van der Waals surface area contributed by atoms with Crippen LogP contribution in [0.4, 0.5) is 4.39 Å². The van der Waals surface area contributed by atoms with Crippen LogP contribution in [-0.2, 0) is 22.5 Å². The first-order chi connectivity index (χ1) is 12.9. The zero-order chi connectivity index (χ0) is 19.6. The average Bonchev–Trinajstić information content (AvgIpc) is 3.04. The zero-order valence-corrected chi connectivity index (χ0v) is 15.7. The number of hydrogen-bond donors (Lipinski definition) is 1. The van der Waals surface area contributed by atoms with Gasteiger partial charge in [-0.25, -0.2) is 9.38 Å². The maximum atomic E-state index is 13.1. The second-order valence-electron chi connectivity index (χ2n) is 6.91. The lowest BCUT2D eigenvalue weighted by molar-refractivity contribution is -0.118. The van der Waals surface area contributed by atoms with Gasteiger partial charge in [-0.1, -0.05) is 19.1 Å². The quantitative estimate of drug-likeness (QED) is 0.845. The lowest BCUT2D eigenvalue weighted by Crippen LogP contribution is -2.14. The molecule has 1 aromatic carbocycles. The van der Waals surface area contributed by atoms with E-state index in [0.717, 1.165) is 16.7 Å². The minimum atomic E-state index is -0.787. The molecule has 0 radical (unpaired) electrons. The molecule has 1 aromatic heterocycles. The van der Waals surface area contributed by atoms with Crippen molar-refractivity contribution in [3.8, 4) is 0 Å². The summed E-state index contributed by atoms with van der Waals surface area (Å²) in [6, 6.07) is 8.07. The predicted octanol–water partition coefficient (Wildman–Crippen LogP) is 3.49. The van der Waals surface area contributed by atoms with Gasteiger partial charge in [-0.3, -0.25) is 9.78 Å². The summed E-state index contributed by atoms with van der Waals surface area (Å²) >= 11 is 0. The highest BCUT2D eigenvalue weighted by Crippen LogP contribution is 2.28. The third-order valence-electron chi connectivity index (χ3n) is 4.73. The number of rotatable bonds is 6. The Labute approximate surface area is 157 Å². The van der Waals surface area contributed by atoms with Crippen molar-refractivity contribution in [3.05, 3.63) is 64.2 Å². The molecule has 0 saturated carbocycles. The number of fused-ring (bicyclic) bond motifs is 1. The standard InChI is InChI=1S/C21H23FN2O3/c1-12(14-4-6-16(22)7-5-14)8-18(26)10-17-9-15-11-23-21(27-3)19(15)20(24-17)13(2)25/h4-7,9,12-13,25H,8,10-11H2,1-3H3/t12-,13-/m0/s1. The second-order valence-corrected chi connectivity index (χ2v) is 6.91. The van der Waals surface area contributed by atoms with E-state index in [2.05, 4.69) is 9.98 Å². The van der Waals surface area contributed by atoms with Crippen LogP contribution in [0.5, 0.6) is 0 Å². The molecule has 3 rings (SSSR count). The molecule has 0 amide bonds. The third-order valence-corrected chi connectivity index (χ3v) is 4.73. The van der Waals surface area contributed by atoms with Crippen molar-refractivity contribution in [1.29, 1.82) is 0 Å². The SMILES string of the molecule is COC1=NCc2cc(CC(=O)C[C@H](C)c3ccc(F)cc3)nc([C@H](C)O)c21. The third kappa shape index (κ3) is 4.22. The second kappa shape index (κ2) is 7.96. The van der Waals surface area contributed by atoms with Gasteiger partial charge in [0.15, 0.2) is 0 Å². The number of hydrogen-bond acceptors (Lipinski definition) is 5. The van der Waals surface area contributed by atoms with Gasteiger partial charge >= 0.3 is 0 Å². The monoisotopic (exact) mass is 370 g/mol. The molecule has 6 heteroatoms. The molecule has 1 aliphatic heterocycles. The van der Waals surface area contributed by atoms with Crippen molar-refractivity contribution in [2.75, 3.05) is 7.11 Å². The van der Waals surface area contributed by atoms with Crippen LogP contribution in [0.2, 0.25) is 0 Å². The van der Waals surface area contributed by atoms with Crippen molar-refractivity contribution >= 4 is 11.7 Å². The Morgan fingerprint density at radius 3 is 2.63 bits per heavy atom. The molecule has 0 fully saturated rings. The number of Topliss-reactive ketones (excluding diaryl/α,β-unsaturated/α-hetero) is 1. The fourth-order valence-electron chi connectivity index (χ4n) is 3.37. The zero-order valence-electron chi connectivity index (χ0n) is 15.7. The lowest BCUT2D eigenvalue weighted by atomic mass is 9.93. The summed E-state index contributed by atoms with van der Waals surface area (Å²) in [5.74, 6) is 0.216. The van der Waals surface area contributed by atoms with Crippen LogP contribution in [0.15, 0.2) is 35.3 Å². The number of aliphatic hydroxyl groups is 1. The van der Waals surface area contributed by atoms with E-state index in [4.69, 9.17) is 4.74 Å². The molecule has 27 heavy (non-hydrogen) atoms. The van der Waals surface area contributed by atoms with Crippen LogP contribution in [0.3, 0.4) is 0 Å². The van der Waals surface area contributed by atoms with E-state index < -0.39 is 6.10 Å². The Morgan fingerprint density at radius 2 is 2.00 bits per heavy atom. The maximum Gasteiger partial charge on any atom is 0.218 e. The Kier molecular flexibility index (Phi) is 5.65. The number of pyridine rings is 1. The molecule has 142 valence electrons. The Hall–Kier alpha value is -2.60. The molecular weight excluding hydrogens is 347 g/mol. The number of ether oxygens (including phenoxy) is 1. The number of aliphatic hydroxyl groups excluding tert-OH is 1. The minimum Gasteiger partial charge on any atom is -0.481 e. The fourth-order valence-corrected chi connectivity index (χ4v) is 3.37. The van der Waals surface area contributed by atoms with E-state index in [9.17, 15) is 14.3 Å². The van der Waals surface area contributed by atoms with Gasteiger partial charge in [0.05, 0.1) is 31.0 Å². The van der Waals surface area contributed by atoms with Gasteiger partial charge < -0.3 is 9.84 Å². The number of benzene rings is 1. The molecule has 0 saturated heterocycles. The molecular formula is C21H23FN2O3. The first kappa shape index (κ1) is 19.2. The van der Waals surface area contributed by atoms with Gasteiger partial charge in [-0.15, -0.1) is 0 Å². The van der Waals surface area contributed by atoms with Crippen LogP contribution in [0.1, 0.15) is 60.4 Å². The molecule has 1 N–H and O–H groups in total. The van der Waals surface area contributed by atoms with Crippen molar-refractivity contribution in [3.63, 3.8) is 0 Å².